The van der Waals surface area contributed by atoms with E-state index in [9.17, 15) is 4.79 Å². The Morgan fingerprint density at radius 2 is 2.00 bits per heavy atom. The first kappa shape index (κ1) is 13.1. The minimum absolute atomic E-state index is 0.157. The largest absolute Gasteiger partial charge is 0.397 e. The average molecular weight is 278 g/mol. The molecule has 2 heterocycles. The summed E-state index contributed by atoms with van der Waals surface area (Å²) in [5.41, 5.74) is 7.91. The fourth-order valence-corrected chi connectivity index (χ4v) is 2.10. The van der Waals surface area contributed by atoms with Gasteiger partial charge in [-0.1, -0.05) is 24.3 Å². The molecule has 0 aliphatic rings. The summed E-state index contributed by atoms with van der Waals surface area (Å²) in [5.74, 6) is 0.373. The fourth-order valence-electron chi connectivity index (χ4n) is 2.10. The Labute approximate surface area is 121 Å². The van der Waals surface area contributed by atoms with E-state index in [4.69, 9.17) is 5.73 Å². The zero-order valence-electron chi connectivity index (χ0n) is 11.3. The summed E-state index contributed by atoms with van der Waals surface area (Å²) >= 11 is 0. The van der Waals surface area contributed by atoms with Gasteiger partial charge in [0.1, 0.15) is 5.82 Å². The number of fused-ring (bicyclic) bond motifs is 1. The minimum Gasteiger partial charge on any atom is -0.397 e. The van der Waals surface area contributed by atoms with Gasteiger partial charge in [-0.15, -0.1) is 0 Å². The van der Waals surface area contributed by atoms with Crippen LogP contribution in [0, 0.1) is 0 Å². The van der Waals surface area contributed by atoms with Gasteiger partial charge in [0, 0.05) is 11.6 Å². The zero-order chi connectivity index (χ0) is 14.7. The normalized spacial score (nSPS) is 10.5. The summed E-state index contributed by atoms with van der Waals surface area (Å²) in [7, 11) is 0. The Kier molecular flexibility index (Phi) is 3.47. The molecule has 3 aromatic rings. The second kappa shape index (κ2) is 5.58. The smallest absolute Gasteiger partial charge is 0.231 e. The molecule has 0 fully saturated rings. The summed E-state index contributed by atoms with van der Waals surface area (Å²) in [5, 5.41) is 3.69. The Bertz CT molecular complexity index is 787. The summed E-state index contributed by atoms with van der Waals surface area (Å²) in [6.07, 6.45) is 1.81. The number of hydrogen-bond acceptors (Lipinski definition) is 4. The standard InChI is InChI=1S/C16H14N4O/c17-13-5-3-4-11-7-8-12(19-16(11)13)10-15(21)20-14-6-1-2-9-18-14/h1-9H,10,17H2,(H,18,20,21). The van der Waals surface area contributed by atoms with Gasteiger partial charge < -0.3 is 11.1 Å². The van der Waals surface area contributed by atoms with E-state index in [1.807, 2.05) is 30.3 Å². The van der Waals surface area contributed by atoms with Gasteiger partial charge in [-0.05, 0) is 24.3 Å². The quantitative estimate of drug-likeness (QED) is 0.721. The highest BCUT2D eigenvalue weighted by Gasteiger charge is 2.07. The predicted octanol–water partition coefficient (Wildman–Crippen LogP) is 2.39. The molecular weight excluding hydrogens is 264 g/mol. The van der Waals surface area contributed by atoms with Crippen LogP contribution < -0.4 is 11.1 Å². The topological polar surface area (TPSA) is 80.9 Å². The van der Waals surface area contributed by atoms with E-state index < -0.39 is 0 Å². The van der Waals surface area contributed by atoms with Gasteiger partial charge in [0.2, 0.25) is 5.91 Å². The first-order chi connectivity index (χ1) is 10.2. The van der Waals surface area contributed by atoms with E-state index in [-0.39, 0.29) is 12.3 Å². The number of aromatic nitrogens is 2. The number of amides is 1. The lowest BCUT2D eigenvalue weighted by Gasteiger charge is -2.06. The van der Waals surface area contributed by atoms with Gasteiger partial charge in [-0.3, -0.25) is 9.78 Å². The number of anilines is 2. The van der Waals surface area contributed by atoms with Crippen molar-refractivity contribution in [1.29, 1.82) is 0 Å². The molecule has 2 aromatic heterocycles. The van der Waals surface area contributed by atoms with Gasteiger partial charge in [0.05, 0.1) is 23.3 Å². The minimum atomic E-state index is -0.157. The van der Waals surface area contributed by atoms with Crippen molar-refractivity contribution in [3.8, 4) is 0 Å². The Morgan fingerprint density at radius 1 is 1.10 bits per heavy atom. The molecule has 0 spiro atoms. The molecule has 0 atom stereocenters. The van der Waals surface area contributed by atoms with Crippen LogP contribution in [0.5, 0.6) is 0 Å². The van der Waals surface area contributed by atoms with Crippen molar-refractivity contribution in [3.05, 3.63) is 60.4 Å². The van der Waals surface area contributed by atoms with Gasteiger partial charge in [0.25, 0.3) is 0 Å². The third-order valence-corrected chi connectivity index (χ3v) is 3.08. The number of nitrogens with one attached hydrogen (secondary N) is 1. The van der Waals surface area contributed by atoms with Crippen LogP contribution in [0.2, 0.25) is 0 Å². The highest BCUT2D eigenvalue weighted by Crippen LogP contribution is 2.19. The molecule has 21 heavy (non-hydrogen) atoms. The van der Waals surface area contributed by atoms with Crippen molar-refractivity contribution in [3.63, 3.8) is 0 Å². The van der Waals surface area contributed by atoms with Gasteiger partial charge in [-0.2, -0.15) is 0 Å². The number of rotatable bonds is 3. The lowest BCUT2D eigenvalue weighted by Crippen LogP contribution is -2.15. The maximum absolute atomic E-state index is 12.0. The Hall–Kier alpha value is -2.95. The van der Waals surface area contributed by atoms with Crippen molar-refractivity contribution in [2.24, 2.45) is 0 Å². The zero-order valence-corrected chi connectivity index (χ0v) is 11.3. The third kappa shape index (κ3) is 2.97. The molecule has 0 bridgehead atoms. The van der Waals surface area contributed by atoms with E-state index >= 15 is 0 Å². The first-order valence-corrected chi connectivity index (χ1v) is 6.57. The SMILES string of the molecule is Nc1cccc2ccc(CC(=O)Nc3ccccn3)nc12. The second-order valence-corrected chi connectivity index (χ2v) is 4.66. The molecule has 0 aliphatic heterocycles. The van der Waals surface area contributed by atoms with Crippen LogP contribution in [0.4, 0.5) is 11.5 Å². The molecule has 5 heteroatoms. The summed E-state index contributed by atoms with van der Waals surface area (Å²) < 4.78 is 0. The molecule has 1 amide bonds. The van der Waals surface area contributed by atoms with Crippen molar-refractivity contribution < 1.29 is 4.79 Å². The molecule has 1 aromatic carbocycles. The molecule has 0 radical (unpaired) electrons. The highest BCUT2D eigenvalue weighted by atomic mass is 16.1. The number of benzene rings is 1. The Morgan fingerprint density at radius 3 is 2.81 bits per heavy atom. The second-order valence-electron chi connectivity index (χ2n) is 4.66. The number of carbonyl (C=O) groups excluding carboxylic acids is 1. The predicted molar refractivity (Wildman–Crippen MR) is 82.7 cm³/mol. The van der Waals surface area contributed by atoms with Crippen LogP contribution >= 0.6 is 0 Å². The first-order valence-electron chi connectivity index (χ1n) is 6.57. The van der Waals surface area contributed by atoms with E-state index in [2.05, 4.69) is 15.3 Å². The van der Waals surface area contributed by atoms with Crippen LogP contribution in [0.3, 0.4) is 0 Å². The molecule has 5 nitrogen and oxygen atoms in total. The lowest BCUT2D eigenvalue weighted by atomic mass is 10.1. The molecule has 3 rings (SSSR count). The van der Waals surface area contributed by atoms with Crippen LogP contribution in [0.15, 0.2) is 54.7 Å². The number of pyridine rings is 2. The number of para-hydroxylation sites is 1. The van der Waals surface area contributed by atoms with Crippen LogP contribution in [0.25, 0.3) is 10.9 Å². The summed E-state index contributed by atoms with van der Waals surface area (Å²) in [4.78, 5) is 20.5. The monoisotopic (exact) mass is 278 g/mol. The van der Waals surface area contributed by atoms with E-state index in [0.717, 1.165) is 10.9 Å². The van der Waals surface area contributed by atoms with Crippen molar-refractivity contribution in [2.45, 2.75) is 6.42 Å². The maximum Gasteiger partial charge on any atom is 0.231 e. The molecule has 0 saturated carbocycles. The number of nitrogen functional groups attached to an aromatic ring is 1. The van der Waals surface area contributed by atoms with Crippen molar-refractivity contribution in [2.75, 3.05) is 11.1 Å². The fraction of sp³-hybridized carbons (Fsp3) is 0.0625. The van der Waals surface area contributed by atoms with Crippen LogP contribution in [-0.2, 0) is 11.2 Å². The molecule has 104 valence electrons. The Balaban J connectivity index is 1.78. The highest BCUT2D eigenvalue weighted by molar-refractivity contribution is 5.92. The number of nitrogens with zero attached hydrogens (tertiary/aromatic N) is 2. The van der Waals surface area contributed by atoms with Gasteiger partial charge >= 0.3 is 0 Å². The molecular formula is C16H14N4O. The number of carbonyl (C=O) groups is 1. The van der Waals surface area contributed by atoms with Gasteiger partial charge in [-0.25, -0.2) is 4.98 Å². The van der Waals surface area contributed by atoms with E-state index in [0.29, 0.717) is 17.2 Å². The van der Waals surface area contributed by atoms with Crippen LogP contribution in [0.1, 0.15) is 5.69 Å². The third-order valence-electron chi connectivity index (χ3n) is 3.08. The molecule has 0 unspecified atom stereocenters. The van der Waals surface area contributed by atoms with E-state index in [1.165, 1.54) is 0 Å². The maximum atomic E-state index is 12.0. The average Bonchev–Trinajstić information content (AvgIpc) is 2.49. The molecule has 0 aliphatic carbocycles. The molecule has 0 saturated heterocycles. The van der Waals surface area contributed by atoms with Crippen molar-refractivity contribution >= 4 is 28.3 Å². The lowest BCUT2D eigenvalue weighted by molar-refractivity contribution is -0.115. The van der Waals surface area contributed by atoms with Crippen LogP contribution in [-0.4, -0.2) is 15.9 Å². The molecule has 3 N–H and O–H groups in total. The van der Waals surface area contributed by atoms with Gasteiger partial charge in [0.15, 0.2) is 0 Å². The number of hydrogen-bond donors (Lipinski definition) is 2. The van der Waals surface area contributed by atoms with Crippen molar-refractivity contribution in [1.82, 2.24) is 9.97 Å². The summed E-state index contributed by atoms with van der Waals surface area (Å²) in [6, 6.07) is 14.7. The van der Waals surface area contributed by atoms with E-state index in [1.54, 1.807) is 24.4 Å². The number of nitrogens with two attached hydrogens (primary N) is 1. The summed E-state index contributed by atoms with van der Waals surface area (Å²) in [6.45, 7) is 0.